The van der Waals surface area contributed by atoms with E-state index in [-0.39, 0.29) is 4.90 Å². The maximum Gasteiger partial charge on any atom is 0.264 e. The van der Waals surface area contributed by atoms with Crippen molar-refractivity contribution in [2.75, 3.05) is 6.61 Å². The first-order chi connectivity index (χ1) is 7.60. The van der Waals surface area contributed by atoms with Gasteiger partial charge in [0.25, 0.3) is 10.0 Å². The molecule has 0 atom stereocenters. The molecule has 0 aliphatic heterocycles. The van der Waals surface area contributed by atoms with Crippen LogP contribution < -0.4 is 4.74 Å². The monoisotopic (exact) mass is 241 g/mol. The minimum absolute atomic E-state index is 0.0471. The molecule has 0 fully saturated rings. The third-order valence-corrected chi connectivity index (χ3v) is 2.89. The highest BCUT2D eigenvalue weighted by Gasteiger charge is 2.11. The Hall–Kier alpha value is -1.72. The van der Waals surface area contributed by atoms with Crippen LogP contribution in [0.4, 0.5) is 0 Å². The number of azide groups is 1. The molecule has 86 valence electrons. The maximum atomic E-state index is 11.3. The second kappa shape index (κ2) is 5.39. The zero-order chi connectivity index (χ0) is 12.0. The molecule has 0 saturated carbocycles. The highest BCUT2D eigenvalue weighted by atomic mass is 32.2. The summed E-state index contributed by atoms with van der Waals surface area (Å²) in [6.45, 7) is 2.54. The topological polar surface area (TPSA) is 92.1 Å². The molecule has 0 saturated heterocycles. The first-order valence-corrected chi connectivity index (χ1v) is 6.08. The Morgan fingerprint density at radius 3 is 2.50 bits per heavy atom. The van der Waals surface area contributed by atoms with E-state index in [1.807, 2.05) is 6.92 Å². The Labute approximate surface area is 93.5 Å². The predicted octanol–water partition coefficient (Wildman–Crippen LogP) is 2.47. The summed E-state index contributed by atoms with van der Waals surface area (Å²) in [4.78, 5) is 2.21. The van der Waals surface area contributed by atoms with Gasteiger partial charge in [-0.3, -0.25) is 0 Å². The van der Waals surface area contributed by atoms with Gasteiger partial charge in [-0.25, -0.2) is 8.42 Å². The molecule has 0 bridgehead atoms. The van der Waals surface area contributed by atoms with Crippen molar-refractivity contribution in [3.63, 3.8) is 0 Å². The van der Waals surface area contributed by atoms with E-state index in [0.29, 0.717) is 12.4 Å². The summed E-state index contributed by atoms with van der Waals surface area (Å²) < 4.78 is 30.6. The van der Waals surface area contributed by atoms with Gasteiger partial charge in [0, 0.05) is 9.43 Å². The van der Waals surface area contributed by atoms with Crippen LogP contribution in [0.3, 0.4) is 0 Å². The maximum absolute atomic E-state index is 11.3. The number of hydrogen-bond donors (Lipinski definition) is 0. The van der Waals surface area contributed by atoms with E-state index in [1.165, 1.54) is 24.3 Å². The van der Waals surface area contributed by atoms with Crippen LogP contribution in [0, 0.1) is 0 Å². The zero-order valence-corrected chi connectivity index (χ0v) is 9.51. The molecular weight excluding hydrogens is 230 g/mol. The Morgan fingerprint density at radius 2 is 2.00 bits per heavy atom. The lowest BCUT2D eigenvalue weighted by Gasteiger charge is -2.04. The van der Waals surface area contributed by atoms with Gasteiger partial charge in [0.2, 0.25) is 0 Å². The van der Waals surface area contributed by atoms with Crippen LogP contribution in [-0.2, 0) is 10.0 Å². The van der Waals surface area contributed by atoms with Gasteiger partial charge < -0.3 is 4.74 Å². The Bertz CT molecular complexity index is 489. The molecule has 0 heterocycles. The van der Waals surface area contributed by atoms with E-state index in [0.717, 1.165) is 6.42 Å². The molecule has 0 N–H and O–H groups in total. The summed E-state index contributed by atoms with van der Waals surface area (Å²) in [7, 11) is -3.89. The lowest BCUT2D eigenvalue weighted by molar-refractivity contribution is 0.317. The van der Waals surface area contributed by atoms with E-state index in [4.69, 9.17) is 10.3 Å². The third kappa shape index (κ3) is 3.15. The number of sulfonamides is 1. The van der Waals surface area contributed by atoms with Crippen LogP contribution in [-0.4, -0.2) is 15.0 Å². The summed E-state index contributed by atoms with van der Waals surface area (Å²) in [5.41, 5.74) is 8.09. The van der Waals surface area contributed by atoms with Crippen molar-refractivity contribution < 1.29 is 13.2 Å². The van der Waals surface area contributed by atoms with Crippen LogP contribution in [0.15, 0.2) is 33.7 Å². The molecule has 0 unspecified atom stereocenters. The van der Waals surface area contributed by atoms with E-state index < -0.39 is 10.0 Å². The van der Waals surface area contributed by atoms with E-state index in [1.54, 1.807) is 0 Å². The van der Waals surface area contributed by atoms with Gasteiger partial charge in [0.05, 0.1) is 11.5 Å². The fraction of sp³-hybridized carbons (Fsp3) is 0.333. The Morgan fingerprint density at radius 1 is 1.38 bits per heavy atom. The normalized spacial score (nSPS) is 10.6. The average molecular weight is 241 g/mol. The highest BCUT2D eigenvalue weighted by molar-refractivity contribution is 7.90. The van der Waals surface area contributed by atoms with Crippen LogP contribution in [0.1, 0.15) is 13.3 Å². The quantitative estimate of drug-likeness (QED) is 0.450. The molecule has 0 radical (unpaired) electrons. The summed E-state index contributed by atoms with van der Waals surface area (Å²) in [6, 6.07) is 5.73. The van der Waals surface area contributed by atoms with Gasteiger partial charge in [-0.2, -0.15) is 0 Å². The number of nitrogens with zero attached hydrogens (tertiary/aromatic N) is 3. The van der Waals surface area contributed by atoms with E-state index >= 15 is 0 Å². The lowest BCUT2D eigenvalue weighted by Crippen LogP contribution is -1.97. The largest absolute Gasteiger partial charge is 0.494 e. The lowest BCUT2D eigenvalue weighted by atomic mass is 10.3. The van der Waals surface area contributed by atoms with Gasteiger partial charge in [-0.05, 0) is 36.2 Å². The molecule has 16 heavy (non-hydrogen) atoms. The van der Waals surface area contributed by atoms with Crippen molar-refractivity contribution in [3.8, 4) is 5.75 Å². The number of benzene rings is 1. The van der Waals surface area contributed by atoms with Crippen molar-refractivity contribution >= 4 is 10.0 Å². The van der Waals surface area contributed by atoms with Crippen molar-refractivity contribution in [1.82, 2.24) is 0 Å². The van der Waals surface area contributed by atoms with Gasteiger partial charge in [0.1, 0.15) is 5.75 Å². The average Bonchev–Trinajstić information content (AvgIpc) is 2.27. The summed E-state index contributed by atoms with van der Waals surface area (Å²) >= 11 is 0. The second-order valence-electron chi connectivity index (χ2n) is 2.97. The fourth-order valence-electron chi connectivity index (χ4n) is 1.02. The standard InChI is InChI=1S/C9H11N3O3S/c1-2-7-15-8-3-5-9(6-4-8)16(13,14)12-11-10/h3-6H,2,7H2,1H3. The smallest absolute Gasteiger partial charge is 0.264 e. The van der Waals surface area contributed by atoms with Crippen molar-refractivity contribution in [2.45, 2.75) is 18.2 Å². The van der Waals surface area contributed by atoms with Crippen molar-refractivity contribution in [2.24, 2.45) is 4.52 Å². The summed E-state index contributed by atoms with van der Waals surface area (Å²) in [5.74, 6) is 0.585. The second-order valence-corrected chi connectivity index (χ2v) is 4.55. The first kappa shape index (κ1) is 12.4. The molecule has 7 heteroatoms. The molecule has 0 aliphatic carbocycles. The number of hydrogen-bond acceptors (Lipinski definition) is 3. The fourth-order valence-corrected chi connectivity index (χ4v) is 1.69. The molecule has 0 spiro atoms. The van der Waals surface area contributed by atoms with Gasteiger partial charge in [-0.1, -0.05) is 6.92 Å². The van der Waals surface area contributed by atoms with Crippen LogP contribution in [0.25, 0.3) is 10.4 Å². The molecule has 1 aromatic rings. The molecule has 1 rings (SSSR count). The first-order valence-electron chi connectivity index (χ1n) is 4.64. The summed E-state index contributed by atoms with van der Waals surface area (Å²) in [5, 5.41) is 0. The SMILES string of the molecule is CCCOc1ccc(S(=O)(=O)N=[N+]=[N-])cc1. The van der Waals surface area contributed by atoms with Crippen LogP contribution in [0.2, 0.25) is 0 Å². The Kier molecular flexibility index (Phi) is 4.16. The van der Waals surface area contributed by atoms with Crippen molar-refractivity contribution in [3.05, 3.63) is 34.7 Å². The van der Waals surface area contributed by atoms with E-state index in [9.17, 15) is 8.42 Å². The van der Waals surface area contributed by atoms with Crippen LogP contribution >= 0.6 is 0 Å². The minimum atomic E-state index is -3.89. The summed E-state index contributed by atoms with van der Waals surface area (Å²) in [6.07, 6.45) is 0.874. The molecule has 0 aliphatic rings. The highest BCUT2D eigenvalue weighted by Crippen LogP contribution is 2.17. The molecule has 1 aromatic carbocycles. The number of ether oxygens (including phenoxy) is 1. The predicted molar refractivity (Wildman–Crippen MR) is 58.6 cm³/mol. The van der Waals surface area contributed by atoms with Gasteiger partial charge >= 0.3 is 0 Å². The Balaban J connectivity index is 2.91. The molecule has 0 amide bonds. The third-order valence-electron chi connectivity index (χ3n) is 1.74. The van der Waals surface area contributed by atoms with Crippen LogP contribution in [0.5, 0.6) is 5.75 Å². The zero-order valence-electron chi connectivity index (χ0n) is 8.70. The van der Waals surface area contributed by atoms with Gasteiger partial charge in [0.15, 0.2) is 0 Å². The minimum Gasteiger partial charge on any atom is -0.494 e. The van der Waals surface area contributed by atoms with Crippen molar-refractivity contribution in [1.29, 1.82) is 0 Å². The number of rotatable bonds is 5. The molecule has 0 aromatic heterocycles. The molecule has 6 nitrogen and oxygen atoms in total. The molecular formula is C9H11N3O3S. The van der Waals surface area contributed by atoms with Gasteiger partial charge in [-0.15, -0.1) is 0 Å². The van der Waals surface area contributed by atoms with E-state index in [2.05, 4.69) is 9.43 Å².